The fraction of sp³-hybridized carbons (Fsp3) is 0. The van der Waals surface area contributed by atoms with E-state index in [1.807, 2.05) is 84.9 Å². The quantitative estimate of drug-likeness (QED) is 0.116. The van der Waals surface area contributed by atoms with Gasteiger partial charge in [-0.15, -0.1) is 0 Å². The molecule has 0 unspecified atom stereocenters. The van der Waals surface area contributed by atoms with E-state index < -0.39 is 7.32 Å². The predicted molar refractivity (Wildman–Crippen MR) is 278 cm³/mol. The highest BCUT2D eigenvalue weighted by Crippen LogP contribution is 2.20. The Bertz CT molecular complexity index is 2280. The smallest absolute Gasteiger partial charge is 0.385 e. The molecule has 7 aromatic rings. The van der Waals surface area contributed by atoms with E-state index in [-0.39, 0.29) is 18.8 Å². The normalized spacial score (nSPS) is 7.87. The van der Waals surface area contributed by atoms with E-state index in [2.05, 4.69) is 146 Å². The van der Waals surface area contributed by atoms with Crippen LogP contribution in [-0.4, -0.2) is 7.32 Å². The van der Waals surface area contributed by atoms with Crippen LogP contribution in [0.25, 0.3) is 34.8 Å². The number of halogens is 11. The summed E-state index contributed by atoms with van der Waals surface area (Å²) in [7, 11) is -2.92. The second-order valence-electron chi connectivity index (χ2n) is 11.3. The van der Waals surface area contributed by atoms with Gasteiger partial charge in [-0.25, -0.2) is 0 Å². The monoisotopic (exact) mass is 1420 g/mol. The third kappa shape index (κ3) is 40.0. The van der Waals surface area contributed by atoms with E-state index in [0.717, 1.165) is 31.3 Å². The lowest BCUT2D eigenvalue weighted by Gasteiger charge is -2.35. The van der Waals surface area contributed by atoms with Gasteiger partial charge in [-0.3, -0.25) is 7.32 Å². The Morgan fingerprint density at radius 3 is 0.352 bits per heavy atom. The van der Waals surface area contributed by atoms with Gasteiger partial charge < -0.3 is 33.9 Å². The van der Waals surface area contributed by atoms with E-state index in [1.165, 1.54) is 0 Å². The molecule has 17 nitrogen and oxygen atoms in total. The van der Waals surface area contributed by atoms with Crippen molar-refractivity contribution in [2.24, 2.45) is 0 Å². The van der Waals surface area contributed by atoms with Gasteiger partial charge in [0.1, 0.15) is 0 Å². The van der Waals surface area contributed by atoms with Gasteiger partial charge in [0.2, 0.25) is 37.7 Å². The molecule has 0 aliphatic carbocycles. The van der Waals surface area contributed by atoms with Crippen LogP contribution in [0, 0.1) is 37.7 Å². The Labute approximate surface area is 462 Å². The predicted octanol–water partition coefficient (Wildman–Crippen LogP) is 4.60. The van der Waals surface area contributed by atoms with Crippen LogP contribution in [0.5, 0.6) is 0 Å². The molecule has 0 saturated carbocycles. The summed E-state index contributed by atoms with van der Waals surface area (Å²) in [6.07, 6.45) is 0. The molecule has 0 bridgehead atoms. The molecular formula is C42H28BBr7F4N14O3. The van der Waals surface area contributed by atoms with Crippen LogP contribution in [0.2, 0.25) is 0 Å². The van der Waals surface area contributed by atoms with Crippen molar-refractivity contribution >= 4 is 159 Å². The van der Waals surface area contributed by atoms with Crippen molar-refractivity contribution in [1.29, 1.82) is 37.7 Å². The van der Waals surface area contributed by atoms with Gasteiger partial charge in [-0.1, -0.05) is 112 Å². The summed E-state index contributed by atoms with van der Waals surface area (Å²) < 4.78 is 6.87. The number of diazo groups is 7. The maximum Gasteiger partial charge on any atom is 0.385 e. The van der Waals surface area contributed by atoms with Crippen molar-refractivity contribution < 1.29 is 33.9 Å². The van der Waals surface area contributed by atoms with Crippen molar-refractivity contribution in [3.05, 3.63) is 236 Å². The molecule has 0 aliphatic heterocycles. The number of hydrogen-bond acceptors (Lipinski definition) is 10. The van der Waals surface area contributed by atoms with Gasteiger partial charge in [0.05, 0.1) is 0 Å². The highest BCUT2D eigenvalue weighted by molar-refractivity contribution is 9.11. The third-order valence-electron chi connectivity index (χ3n) is 6.59. The Morgan fingerprint density at radius 2 is 0.296 bits per heavy atom. The molecule has 7 aromatic carbocycles. The van der Waals surface area contributed by atoms with Crippen LogP contribution in [0.3, 0.4) is 0 Å². The number of rotatable bonds is 0. The lowest BCUT2D eigenvalue weighted by Crippen LogP contribution is -3.00. The van der Waals surface area contributed by atoms with Crippen molar-refractivity contribution in [3.63, 3.8) is 0 Å². The Balaban J connectivity index is -0.000000233. The Morgan fingerprint density at radius 1 is 0.225 bits per heavy atom. The van der Waals surface area contributed by atoms with Gasteiger partial charge >= 0.3 is 39.8 Å². The molecular weight excluding hydrogens is 1390 g/mol. The molecule has 0 N–H and O–H groups in total. The summed E-state index contributed by atoms with van der Waals surface area (Å²) in [5, 5.41) is 82.9. The van der Waals surface area contributed by atoms with Crippen LogP contribution >= 0.6 is 112 Å². The molecule has 0 amide bonds. The number of hydrogen-bond donors (Lipinski definition) is 0. The molecule has 7 rings (SSSR count). The standard InChI is InChI=1S/7C6H4BrN2.BO3.4FH/c7*7-5-1-3-6(9-8)4-2-5;2-1(3)4;;;;/h7*1-4H;;4*1H/q7*+1;-3;;;;/p-4. The number of nitrogens with zero attached hydrogens (tertiary/aromatic N) is 14. The minimum atomic E-state index is -2.92. The second kappa shape index (κ2) is 45.9. The molecule has 71 heavy (non-hydrogen) atoms. The zero-order valence-corrected chi connectivity index (χ0v) is 46.5. The molecule has 364 valence electrons. The van der Waals surface area contributed by atoms with Gasteiger partial charge in [0.15, 0.2) is 34.8 Å². The molecule has 29 heteroatoms. The highest BCUT2D eigenvalue weighted by Gasteiger charge is 2.03. The van der Waals surface area contributed by atoms with E-state index in [9.17, 15) is 0 Å². The Hall–Kier alpha value is -6.50. The van der Waals surface area contributed by atoms with E-state index >= 15 is 0 Å². The zero-order valence-electron chi connectivity index (χ0n) is 35.4. The maximum atomic E-state index is 8.42. The van der Waals surface area contributed by atoms with E-state index in [4.69, 9.17) is 52.8 Å². The molecule has 0 heterocycles. The van der Waals surface area contributed by atoms with Gasteiger partial charge in [-0.05, 0) is 84.9 Å². The van der Waals surface area contributed by atoms with E-state index in [0.29, 0.717) is 39.8 Å². The minimum absolute atomic E-state index is 0. The van der Waals surface area contributed by atoms with Crippen LogP contribution < -0.4 is 33.9 Å². The topological polar surface area (TPSA) is 266 Å². The van der Waals surface area contributed by atoms with Crippen LogP contribution in [0.15, 0.2) is 201 Å². The first-order valence-electron chi connectivity index (χ1n) is 17.7. The molecule has 0 aromatic heterocycles. The summed E-state index contributed by atoms with van der Waals surface area (Å²) in [5.41, 5.74) is 3.97. The summed E-state index contributed by atoms with van der Waals surface area (Å²) in [4.78, 5) is 20.9. The van der Waals surface area contributed by atoms with Crippen molar-refractivity contribution in [3.8, 4) is 0 Å². The average Bonchev–Trinajstić information content (AvgIpc) is 3.34. The number of benzene rings is 7. The first kappa shape index (κ1) is 73.5. The SMILES string of the molecule is N#[N+]c1ccc(Br)cc1.N#[N+]c1ccc(Br)cc1.N#[N+]c1ccc(Br)cc1.N#[N+]c1ccc(Br)cc1.N#[N+]c1ccc(Br)cc1.N#[N+]c1ccc(Br)cc1.N#[N+]c1ccc(Br)cc1.[F-].[F-].[F-].[F-].[O-]B([O-])[O-]. The van der Waals surface area contributed by atoms with Gasteiger partial charge in [0.25, 0.3) is 0 Å². The third-order valence-corrected chi connectivity index (χ3v) is 10.3. The minimum Gasteiger partial charge on any atom is -1.00 e. The highest BCUT2D eigenvalue weighted by atomic mass is 79.9. The fourth-order valence-corrected chi connectivity index (χ4v) is 5.40. The second-order valence-corrected chi connectivity index (χ2v) is 17.7. The summed E-state index contributed by atoms with van der Waals surface area (Å²) in [5.74, 6) is 0. The van der Waals surface area contributed by atoms with Crippen molar-refractivity contribution in [2.45, 2.75) is 0 Å². The maximum absolute atomic E-state index is 8.42. The van der Waals surface area contributed by atoms with Gasteiger partial charge in [-0.2, -0.15) is 0 Å². The first-order chi connectivity index (χ1) is 32.0. The summed E-state index contributed by atoms with van der Waals surface area (Å²) >= 11 is 22.8. The van der Waals surface area contributed by atoms with Gasteiger partial charge in [0, 0.05) is 116 Å². The average molecular weight is 1420 g/mol. The van der Waals surface area contributed by atoms with E-state index in [1.54, 1.807) is 84.9 Å². The summed E-state index contributed by atoms with van der Waals surface area (Å²) in [6, 6.07) is 49.4. The molecule has 0 fully saturated rings. The Kier molecular flexibility index (Phi) is 47.5. The van der Waals surface area contributed by atoms with Crippen molar-refractivity contribution in [2.75, 3.05) is 0 Å². The molecule has 0 spiro atoms. The molecule has 0 saturated heterocycles. The van der Waals surface area contributed by atoms with Crippen LogP contribution in [0.4, 0.5) is 39.8 Å². The molecule has 0 atom stereocenters. The molecule has 0 aliphatic rings. The zero-order chi connectivity index (χ0) is 50.4. The fourth-order valence-electron chi connectivity index (χ4n) is 3.55. The lowest BCUT2D eigenvalue weighted by molar-refractivity contribution is -0.479. The van der Waals surface area contributed by atoms with Crippen LogP contribution in [0.1, 0.15) is 0 Å². The summed E-state index contributed by atoms with van der Waals surface area (Å²) in [6.45, 7) is 0. The van der Waals surface area contributed by atoms with Crippen molar-refractivity contribution in [1.82, 2.24) is 0 Å². The molecule has 0 radical (unpaired) electrons. The lowest BCUT2D eigenvalue weighted by atomic mass is 10.3. The largest absolute Gasteiger partial charge is 1.00 e. The first-order valence-corrected chi connectivity index (χ1v) is 23.3. The van der Waals surface area contributed by atoms with Crippen LogP contribution in [-0.2, 0) is 0 Å².